The van der Waals surface area contributed by atoms with Gasteiger partial charge in [0.15, 0.2) is 11.5 Å². The minimum Gasteiger partial charge on any atom is -0.491 e. The summed E-state index contributed by atoms with van der Waals surface area (Å²) in [6.07, 6.45) is -0.955. The van der Waals surface area contributed by atoms with Gasteiger partial charge < -0.3 is 29.5 Å². The summed E-state index contributed by atoms with van der Waals surface area (Å²) in [6, 6.07) is 13.3. The van der Waals surface area contributed by atoms with E-state index in [1.54, 1.807) is 42.5 Å². The molecule has 164 valence electrons. The van der Waals surface area contributed by atoms with Crippen molar-refractivity contribution in [1.82, 2.24) is 5.16 Å². The van der Waals surface area contributed by atoms with Crippen molar-refractivity contribution in [1.29, 1.82) is 0 Å². The second-order valence-corrected chi connectivity index (χ2v) is 7.42. The lowest BCUT2D eigenvalue weighted by Crippen LogP contribution is -2.21. The number of aliphatic hydroxyl groups is 2. The number of nitrogens with zero attached hydrogens (tertiary/aromatic N) is 1. The van der Waals surface area contributed by atoms with E-state index in [1.165, 1.54) is 6.07 Å². The molecule has 0 bridgehead atoms. The van der Waals surface area contributed by atoms with Crippen LogP contribution in [0.2, 0.25) is 5.02 Å². The first-order valence-electron chi connectivity index (χ1n) is 9.62. The Morgan fingerprint density at radius 3 is 2.58 bits per heavy atom. The van der Waals surface area contributed by atoms with Crippen molar-refractivity contribution in [3.05, 3.63) is 59.2 Å². The Morgan fingerprint density at radius 2 is 1.94 bits per heavy atom. The predicted octanol–water partition coefficient (Wildman–Crippen LogP) is 3.77. The number of aromatic nitrogens is 1. The highest BCUT2D eigenvalue weighted by molar-refractivity contribution is 6.32. The number of carbonyl (C=O) groups is 1. The number of nitrogens with one attached hydrogen (secondary N) is 1. The van der Waals surface area contributed by atoms with Gasteiger partial charge in [0.25, 0.3) is 5.91 Å². The van der Waals surface area contributed by atoms with Gasteiger partial charge in [0.2, 0.25) is 0 Å². The molecule has 0 aliphatic rings. The van der Waals surface area contributed by atoms with Gasteiger partial charge in [-0.3, -0.25) is 4.79 Å². The number of anilines is 1. The molecule has 0 radical (unpaired) electrons. The summed E-state index contributed by atoms with van der Waals surface area (Å²) >= 11 is 6.20. The third-order valence-corrected chi connectivity index (χ3v) is 4.38. The molecule has 3 N–H and O–H groups in total. The molecule has 0 aliphatic heterocycles. The van der Waals surface area contributed by atoms with Crippen molar-refractivity contribution in [2.75, 3.05) is 18.5 Å². The highest BCUT2D eigenvalue weighted by Crippen LogP contribution is 2.29. The van der Waals surface area contributed by atoms with E-state index in [1.807, 2.05) is 13.8 Å². The van der Waals surface area contributed by atoms with Gasteiger partial charge in [0.05, 0.1) is 17.7 Å². The molecule has 0 aliphatic carbocycles. The summed E-state index contributed by atoms with van der Waals surface area (Å²) in [5.41, 5.74) is 1.31. The maximum Gasteiger partial charge on any atom is 0.277 e. The zero-order valence-corrected chi connectivity index (χ0v) is 17.8. The van der Waals surface area contributed by atoms with E-state index in [2.05, 4.69) is 10.5 Å². The van der Waals surface area contributed by atoms with E-state index in [0.717, 1.165) is 0 Å². The molecule has 1 unspecified atom stereocenters. The molecule has 0 saturated carbocycles. The summed E-state index contributed by atoms with van der Waals surface area (Å²) in [5, 5.41) is 25.1. The van der Waals surface area contributed by atoms with E-state index >= 15 is 0 Å². The number of ether oxygens (including phenoxy) is 2. The number of rotatable bonds is 9. The predicted molar refractivity (Wildman–Crippen MR) is 116 cm³/mol. The third kappa shape index (κ3) is 6.21. The minimum absolute atomic E-state index is 0.0146. The van der Waals surface area contributed by atoms with Crippen molar-refractivity contribution in [2.24, 2.45) is 0 Å². The highest BCUT2D eigenvalue weighted by Gasteiger charge is 2.15. The third-order valence-electron chi connectivity index (χ3n) is 4.09. The summed E-state index contributed by atoms with van der Waals surface area (Å²) in [5.74, 6) is 1.03. The van der Waals surface area contributed by atoms with Crippen molar-refractivity contribution in [3.8, 4) is 22.8 Å². The van der Waals surface area contributed by atoms with E-state index in [0.29, 0.717) is 33.5 Å². The van der Waals surface area contributed by atoms with Gasteiger partial charge in [-0.05, 0) is 56.3 Å². The first-order chi connectivity index (χ1) is 14.9. The van der Waals surface area contributed by atoms with Crippen LogP contribution in [0.25, 0.3) is 11.3 Å². The van der Waals surface area contributed by atoms with E-state index < -0.39 is 12.0 Å². The molecular weight excluding hydrogens is 424 g/mol. The van der Waals surface area contributed by atoms with Crippen LogP contribution in [0, 0.1) is 0 Å². The molecule has 8 nitrogen and oxygen atoms in total. The molecule has 3 rings (SSSR count). The Morgan fingerprint density at radius 1 is 1.19 bits per heavy atom. The quantitative estimate of drug-likeness (QED) is 0.458. The SMILES string of the molecule is CC(C)Oc1ccc(NC(=O)c2cc(-c3ccc(OCC(O)CO)cc3)on2)cc1Cl. The summed E-state index contributed by atoms with van der Waals surface area (Å²) in [6.45, 7) is 3.41. The highest BCUT2D eigenvalue weighted by atomic mass is 35.5. The van der Waals surface area contributed by atoms with E-state index in [9.17, 15) is 9.90 Å². The standard InChI is InChI=1S/C22H23ClN2O6/c1-13(2)30-20-8-5-15(9-18(20)23)24-22(28)19-10-21(31-25-19)14-3-6-17(7-4-14)29-12-16(27)11-26/h3-10,13,16,26-27H,11-12H2,1-2H3,(H,24,28). The van der Waals surface area contributed by atoms with Gasteiger partial charge in [0, 0.05) is 17.3 Å². The van der Waals surface area contributed by atoms with Crippen molar-refractivity contribution in [3.63, 3.8) is 0 Å². The number of amides is 1. The maximum atomic E-state index is 12.5. The smallest absolute Gasteiger partial charge is 0.277 e. The van der Waals surface area contributed by atoms with Crippen LogP contribution in [0.4, 0.5) is 5.69 Å². The second kappa shape index (κ2) is 10.3. The summed E-state index contributed by atoms with van der Waals surface area (Å²) in [7, 11) is 0. The minimum atomic E-state index is -0.941. The summed E-state index contributed by atoms with van der Waals surface area (Å²) in [4.78, 5) is 12.5. The van der Waals surface area contributed by atoms with Crippen molar-refractivity contribution in [2.45, 2.75) is 26.1 Å². The molecule has 31 heavy (non-hydrogen) atoms. The lowest BCUT2D eigenvalue weighted by atomic mass is 10.1. The molecule has 1 amide bonds. The van der Waals surface area contributed by atoms with Crippen LogP contribution >= 0.6 is 11.6 Å². The van der Waals surface area contributed by atoms with Crippen molar-refractivity contribution < 1.29 is 29.0 Å². The zero-order valence-electron chi connectivity index (χ0n) is 17.0. The number of halogens is 1. The molecule has 0 fully saturated rings. The fourth-order valence-electron chi connectivity index (χ4n) is 2.60. The van der Waals surface area contributed by atoms with Crippen LogP contribution in [0.15, 0.2) is 53.1 Å². The van der Waals surface area contributed by atoms with Crippen LogP contribution in [-0.4, -0.2) is 46.7 Å². The Labute approximate surface area is 184 Å². The van der Waals surface area contributed by atoms with Gasteiger partial charge in [-0.2, -0.15) is 0 Å². The zero-order chi connectivity index (χ0) is 22.4. The fourth-order valence-corrected chi connectivity index (χ4v) is 2.83. The lowest BCUT2D eigenvalue weighted by molar-refractivity contribution is 0.0536. The molecular formula is C22H23ClN2O6. The topological polar surface area (TPSA) is 114 Å². The average molecular weight is 447 g/mol. The van der Waals surface area contributed by atoms with Crippen LogP contribution in [0.3, 0.4) is 0 Å². The molecule has 0 spiro atoms. The Hall–Kier alpha value is -3.07. The molecule has 1 atom stereocenters. The first-order valence-corrected chi connectivity index (χ1v) is 10.00. The first kappa shape index (κ1) is 22.6. The van der Waals surface area contributed by atoms with Gasteiger partial charge in [-0.25, -0.2) is 0 Å². The normalized spacial score (nSPS) is 11.9. The number of aliphatic hydroxyl groups excluding tert-OH is 2. The van der Waals surface area contributed by atoms with Crippen molar-refractivity contribution >= 4 is 23.2 Å². The van der Waals surface area contributed by atoms with Crippen LogP contribution in [0.5, 0.6) is 11.5 Å². The number of hydrogen-bond donors (Lipinski definition) is 3. The summed E-state index contributed by atoms with van der Waals surface area (Å²) < 4.78 is 16.2. The van der Waals surface area contributed by atoms with Gasteiger partial charge >= 0.3 is 0 Å². The molecule has 2 aromatic carbocycles. The average Bonchev–Trinajstić information content (AvgIpc) is 3.24. The maximum absolute atomic E-state index is 12.5. The Kier molecular flexibility index (Phi) is 7.51. The van der Waals surface area contributed by atoms with Gasteiger partial charge in [-0.15, -0.1) is 0 Å². The molecule has 0 saturated heterocycles. The Bertz CT molecular complexity index is 1020. The fraction of sp³-hybridized carbons (Fsp3) is 0.273. The largest absolute Gasteiger partial charge is 0.491 e. The number of hydrogen-bond acceptors (Lipinski definition) is 7. The van der Waals surface area contributed by atoms with Crippen LogP contribution < -0.4 is 14.8 Å². The Balaban J connectivity index is 1.63. The van der Waals surface area contributed by atoms with Gasteiger partial charge in [0.1, 0.15) is 24.2 Å². The molecule has 1 aromatic heterocycles. The second-order valence-electron chi connectivity index (χ2n) is 7.01. The monoisotopic (exact) mass is 446 g/mol. The van der Waals surface area contributed by atoms with Crippen LogP contribution in [-0.2, 0) is 0 Å². The molecule has 9 heteroatoms. The van der Waals surface area contributed by atoms with Crippen LogP contribution in [0.1, 0.15) is 24.3 Å². The lowest BCUT2D eigenvalue weighted by Gasteiger charge is -2.12. The van der Waals surface area contributed by atoms with E-state index in [-0.39, 0.29) is 25.0 Å². The van der Waals surface area contributed by atoms with Gasteiger partial charge in [-0.1, -0.05) is 16.8 Å². The molecule has 3 aromatic rings. The molecule has 1 heterocycles. The van der Waals surface area contributed by atoms with E-state index in [4.69, 9.17) is 30.7 Å². The number of carbonyl (C=O) groups excluding carboxylic acids is 1. The number of benzene rings is 2.